The second-order valence-electron chi connectivity index (χ2n) is 6.83. The summed E-state index contributed by atoms with van der Waals surface area (Å²) in [6, 6.07) is 9.03. The molecule has 1 aliphatic rings. The molecule has 1 heteroatoms. The van der Waals surface area contributed by atoms with E-state index in [9.17, 15) is 0 Å². The Labute approximate surface area is 118 Å². The van der Waals surface area contributed by atoms with Gasteiger partial charge in [0.05, 0.1) is 0 Å². The van der Waals surface area contributed by atoms with Crippen molar-refractivity contribution in [2.24, 2.45) is 17.6 Å². The summed E-state index contributed by atoms with van der Waals surface area (Å²) in [6.45, 7) is 6.85. The van der Waals surface area contributed by atoms with Gasteiger partial charge in [-0.15, -0.1) is 0 Å². The Balaban J connectivity index is 2.19. The van der Waals surface area contributed by atoms with Crippen molar-refractivity contribution >= 4 is 0 Å². The third kappa shape index (κ3) is 3.60. The van der Waals surface area contributed by atoms with E-state index in [2.05, 4.69) is 45.0 Å². The Morgan fingerprint density at radius 2 is 2.16 bits per heavy atom. The molecule has 0 aromatic heterocycles. The molecule has 1 aliphatic carbocycles. The number of benzene rings is 1. The highest BCUT2D eigenvalue weighted by Crippen LogP contribution is 2.39. The maximum Gasteiger partial charge on any atom is 0.0412 e. The zero-order chi connectivity index (χ0) is 13.9. The topological polar surface area (TPSA) is 26.0 Å². The van der Waals surface area contributed by atoms with Gasteiger partial charge in [-0.3, -0.25) is 0 Å². The lowest BCUT2D eigenvalue weighted by Gasteiger charge is -2.38. The second-order valence-corrected chi connectivity index (χ2v) is 6.83. The third-order valence-electron chi connectivity index (χ3n) is 4.61. The Kier molecular flexibility index (Phi) is 4.67. The maximum absolute atomic E-state index is 6.75. The molecule has 1 aromatic rings. The fourth-order valence-electron chi connectivity index (χ4n) is 3.52. The molecule has 2 rings (SSSR count). The van der Waals surface area contributed by atoms with Gasteiger partial charge in [0.15, 0.2) is 0 Å². The molecule has 2 atom stereocenters. The molecule has 1 saturated carbocycles. The van der Waals surface area contributed by atoms with E-state index in [1.807, 2.05) is 0 Å². The molecule has 106 valence electrons. The van der Waals surface area contributed by atoms with Crippen LogP contribution in [-0.4, -0.2) is 0 Å². The molecule has 19 heavy (non-hydrogen) atoms. The van der Waals surface area contributed by atoms with Gasteiger partial charge < -0.3 is 5.73 Å². The van der Waals surface area contributed by atoms with Crippen molar-refractivity contribution in [1.29, 1.82) is 0 Å². The Hall–Kier alpha value is -0.820. The van der Waals surface area contributed by atoms with Crippen molar-refractivity contribution in [1.82, 2.24) is 0 Å². The molecule has 0 aliphatic heterocycles. The van der Waals surface area contributed by atoms with E-state index < -0.39 is 0 Å². The minimum Gasteiger partial charge on any atom is -0.321 e. The molecular weight excluding hydrogens is 230 g/mol. The first kappa shape index (κ1) is 14.6. The summed E-state index contributed by atoms with van der Waals surface area (Å²) in [5, 5.41) is 0. The van der Waals surface area contributed by atoms with Crippen LogP contribution in [0.4, 0.5) is 0 Å². The smallest absolute Gasteiger partial charge is 0.0412 e. The van der Waals surface area contributed by atoms with Gasteiger partial charge in [0.1, 0.15) is 0 Å². The van der Waals surface area contributed by atoms with Crippen LogP contribution >= 0.6 is 0 Å². The molecule has 2 unspecified atom stereocenters. The van der Waals surface area contributed by atoms with Gasteiger partial charge in [0, 0.05) is 5.54 Å². The first-order valence-electron chi connectivity index (χ1n) is 7.92. The summed E-state index contributed by atoms with van der Waals surface area (Å²) in [6.07, 6.45) is 7.37. The molecule has 1 nitrogen and oxygen atoms in total. The van der Waals surface area contributed by atoms with Gasteiger partial charge in [-0.2, -0.15) is 0 Å². The van der Waals surface area contributed by atoms with Crippen LogP contribution in [0.15, 0.2) is 24.3 Å². The van der Waals surface area contributed by atoms with Gasteiger partial charge in [-0.1, -0.05) is 64.3 Å². The summed E-state index contributed by atoms with van der Waals surface area (Å²) in [5.74, 6) is 1.52. The zero-order valence-electron chi connectivity index (χ0n) is 12.8. The fourth-order valence-corrected chi connectivity index (χ4v) is 3.52. The van der Waals surface area contributed by atoms with Crippen molar-refractivity contribution in [3.63, 3.8) is 0 Å². The standard InChI is InChI=1S/C18H29N/c1-4-15-8-6-10-18(19,13-15)17-9-5-7-16(12-17)11-14(2)3/h5,7,9,12,14-15H,4,6,8,10-11,13,19H2,1-3H3. The molecular formula is C18H29N. The predicted octanol–water partition coefficient (Wildman–Crippen LogP) is 4.64. The van der Waals surface area contributed by atoms with Crippen molar-refractivity contribution < 1.29 is 0 Å². The van der Waals surface area contributed by atoms with Gasteiger partial charge in [-0.25, -0.2) is 0 Å². The van der Waals surface area contributed by atoms with Crippen LogP contribution in [0.25, 0.3) is 0 Å². The summed E-state index contributed by atoms with van der Waals surface area (Å²) in [5.41, 5.74) is 9.47. The van der Waals surface area contributed by atoms with E-state index in [1.165, 1.54) is 30.4 Å². The van der Waals surface area contributed by atoms with Crippen LogP contribution in [-0.2, 0) is 12.0 Å². The van der Waals surface area contributed by atoms with Crippen molar-refractivity contribution in [3.8, 4) is 0 Å². The van der Waals surface area contributed by atoms with E-state index >= 15 is 0 Å². The van der Waals surface area contributed by atoms with Crippen LogP contribution in [0, 0.1) is 11.8 Å². The highest BCUT2D eigenvalue weighted by molar-refractivity contribution is 5.30. The normalized spacial score (nSPS) is 27.7. The Morgan fingerprint density at radius 1 is 1.37 bits per heavy atom. The third-order valence-corrected chi connectivity index (χ3v) is 4.61. The highest BCUT2D eigenvalue weighted by Gasteiger charge is 2.33. The molecule has 0 spiro atoms. The average molecular weight is 259 g/mol. The van der Waals surface area contributed by atoms with Crippen molar-refractivity contribution in [3.05, 3.63) is 35.4 Å². The number of hydrogen-bond acceptors (Lipinski definition) is 1. The van der Waals surface area contributed by atoms with Crippen LogP contribution in [0.3, 0.4) is 0 Å². The van der Waals surface area contributed by atoms with E-state index in [0.29, 0.717) is 5.92 Å². The second kappa shape index (κ2) is 6.09. The first-order chi connectivity index (χ1) is 9.03. The molecule has 1 aromatic carbocycles. The largest absolute Gasteiger partial charge is 0.321 e. The monoisotopic (exact) mass is 259 g/mol. The molecule has 0 bridgehead atoms. The number of rotatable bonds is 4. The predicted molar refractivity (Wildman–Crippen MR) is 83.1 cm³/mol. The Bertz CT molecular complexity index is 410. The van der Waals surface area contributed by atoms with Crippen LogP contribution in [0.1, 0.15) is 64.0 Å². The summed E-state index contributed by atoms with van der Waals surface area (Å²) in [7, 11) is 0. The van der Waals surface area contributed by atoms with Crippen LogP contribution < -0.4 is 5.73 Å². The molecule has 0 amide bonds. The van der Waals surface area contributed by atoms with Crippen LogP contribution in [0.5, 0.6) is 0 Å². The molecule has 1 fully saturated rings. The van der Waals surface area contributed by atoms with Gasteiger partial charge in [-0.05, 0) is 42.2 Å². The molecule has 0 radical (unpaired) electrons. The van der Waals surface area contributed by atoms with Gasteiger partial charge in [0.2, 0.25) is 0 Å². The van der Waals surface area contributed by atoms with E-state index in [1.54, 1.807) is 0 Å². The lowest BCUT2D eigenvalue weighted by molar-refractivity contribution is 0.221. The Morgan fingerprint density at radius 3 is 2.84 bits per heavy atom. The van der Waals surface area contributed by atoms with E-state index in [-0.39, 0.29) is 5.54 Å². The van der Waals surface area contributed by atoms with Crippen molar-refractivity contribution in [2.75, 3.05) is 0 Å². The average Bonchev–Trinajstić information content (AvgIpc) is 2.38. The quantitative estimate of drug-likeness (QED) is 0.837. The first-order valence-corrected chi connectivity index (χ1v) is 7.92. The van der Waals surface area contributed by atoms with E-state index in [0.717, 1.165) is 25.2 Å². The van der Waals surface area contributed by atoms with Crippen LogP contribution in [0.2, 0.25) is 0 Å². The number of nitrogens with two attached hydrogens (primary N) is 1. The lowest BCUT2D eigenvalue weighted by Crippen LogP contribution is -2.41. The minimum atomic E-state index is -0.0775. The summed E-state index contributed by atoms with van der Waals surface area (Å²) >= 11 is 0. The molecule has 2 N–H and O–H groups in total. The number of hydrogen-bond donors (Lipinski definition) is 1. The maximum atomic E-state index is 6.75. The summed E-state index contributed by atoms with van der Waals surface area (Å²) in [4.78, 5) is 0. The highest BCUT2D eigenvalue weighted by atomic mass is 14.7. The summed E-state index contributed by atoms with van der Waals surface area (Å²) < 4.78 is 0. The van der Waals surface area contributed by atoms with E-state index in [4.69, 9.17) is 5.73 Å². The molecule has 0 heterocycles. The lowest BCUT2D eigenvalue weighted by atomic mass is 9.71. The van der Waals surface area contributed by atoms with Crippen molar-refractivity contribution in [2.45, 2.75) is 64.8 Å². The fraction of sp³-hybridized carbons (Fsp3) is 0.667. The zero-order valence-corrected chi connectivity index (χ0v) is 12.8. The SMILES string of the molecule is CCC1CCCC(N)(c2cccc(CC(C)C)c2)C1. The van der Waals surface area contributed by atoms with Gasteiger partial charge >= 0.3 is 0 Å². The van der Waals surface area contributed by atoms with Gasteiger partial charge in [0.25, 0.3) is 0 Å². The minimum absolute atomic E-state index is 0.0775. The molecule has 0 saturated heterocycles.